The van der Waals surface area contributed by atoms with Crippen LogP contribution in [-0.2, 0) is 0 Å². The minimum absolute atomic E-state index is 0.592. The Kier molecular flexibility index (Phi) is 8.68. The molecule has 0 aromatic heterocycles. The normalized spacial score (nSPS) is 10.3. The molecule has 0 heterocycles. The first-order valence-corrected chi connectivity index (χ1v) is 9.56. The molecule has 88 valence electrons. The third kappa shape index (κ3) is 7.15. The Morgan fingerprint density at radius 3 is 2.38 bits per heavy atom. The standard InChI is InChI=1S/C8H17.C6H6O.Sn/c1-3-5-7-8-6-4-2;7-6-4-2-1-3-5-6;/h1,3-8H2,2H3;1-5,7H;/q;;+1/p-1. The molecule has 1 rings (SSSR count). The summed E-state index contributed by atoms with van der Waals surface area (Å²) in [5.74, 6) is 1.07. The van der Waals surface area contributed by atoms with E-state index in [0.717, 1.165) is 5.75 Å². The van der Waals surface area contributed by atoms with Crippen LogP contribution in [0.4, 0.5) is 0 Å². The van der Waals surface area contributed by atoms with E-state index < -0.39 is 21.6 Å². The Morgan fingerprint density at radius 2 is 1.62 bits per heavy atom. The molecule has 1 aromatic rings. The fourth-order valence-corrected chi connectivity index (χ4v) is 3.88. The zero-order valence-electron chi connectivity index (χ0n) is 10.2. The van der Waals surface area contributed by atoms with Crippen LogP contribution in [0.1, 0.15) is 45.4 Å². The van der Waals surface area contributed by atoms with Crippen molar-refractivity contribution < 1.29 is 3.07 Å². The number of hydrogen-bond acceptors (Lipinski definition) is 1. The van der Waals surface area contributed by atoms with Crippen LogP contribution in [0.15, 0.2) is 30.3 Å². The average molecular weight is 325 g/mol. The molecule has 0 atom stereocenters. The number of unbranched alkanes of at least 4 members (excludes halogenated alkanes) is 5. The molecule has 0 spiro atoms. The van der Waals surface area contributed by atoms with E-state index in [0.29, 0.717) is 0 Å². The number of benzene rings is 1. The van der Waals surface area contributed by atoms with Crippen molar-refractivity contribution in [3.8, 4) is 5.75 Å². The van der Waals surface area contributed by atoms with Gasteiger partial charge < -0.3 is 0 Å². The van der Waals surface area contributed by atoms with Gasteiger partial charge in [-0.15, -0.1) is 0 Å². The maximum atomic E-state index is 5.80. The fourth-order valence-electron chi connectivity index (χ4n) is 1.60. The van der Waals surface area contributed by atoms with Gasteiger partial charge in [-0.05, 0) is 0 Å². The van der Waals surface area contributed by atoms with Crippen molar-refractivity contribution in [3.63, 3.8) is 0 Å². The topological polar surface area (TPSA) is 9.23 Å². The minimum atomic E-state index is -0.592. The van der Waals surface area contributed by atoms with Gasteiger partial charge in [-0.1, -0.05) is 0 Å². The van der Waals surface area contributed by atoms with Gasteiger partial charge in [0.2, 0.25) is 0 Å². The maximum absolute atomic E-state index is 5.80. The second-order valence-electron chi connectivity index (χ2n) is 4.08. The van der Waals surface area contributed by atoms with Crippen LogP contribution >= 0.6 is 0 Å². The second kappa shape index (κ2) is 10.0. The molecule has 1 aromatic carbocycles. The van der Waals surface area contributed by atoms with Crippen molar-refractivity contribution in [2.75, 3.05) is 0 Å². The molecule has 0 aliphatic rings. The SMILES string of the molecule is CCCCCCC[CH2][Sn][O]c1ccccc1. The van der Waals surface area contributed by atoms with Crippen LogP contribution in [0.2, 0.25) is 4.44 Å². The Balaban J connectivity index is 1.89. The molecule has 0 aliphatic carbocycles. The first-order chi connectivity index (χ1) is 7.93. The molecule has 0 unspecified atom stereocenters. The molecule has 0 bridgehead atoms. The van der Waals surface area contributed by atoms with Gasteiger partial charge >= 0.3 is 111 Å². The Hall–Kier alpha value is -0.181. The van der Waals surface area contributed by atoms with Crippen molar-refractivity contribution in [2.45, 2.75) is 49.9 Å². The summed E-state index contributed by atoms with van der Waals surface area (Å²) in [5, 5.41) is 0. The van der Waals surface area contributed by atoms with E-state index in [1.807, 2.05) is 18.2 Å². The van der Waals surface area contributed by atoms with Crippen LogP contribution in [0, 0.1) is 0 Å². The number of hydrogen-bond donors (Lipinski definition) is 0. The van der Waals surface area contributed by atoms with Gasteiger partial charge in [-0.25, -0.2) is 0 Å². The monoisotopic (exact) mass is 326 g/mol. The van der Waals surface area contributed by atoms with E-state index in [1.54, 1.807) is 0 Å². The summed E-state index contributed by atoms with van der Waals surface area (Å²) in [6, 6.07) is 10.2. The Labute approximate surface area is 110 Å². The van der Waals surface area contributed by atoms with Crippen LogP contribution in [0.3, 0.4) is 0 Å². The second-order valence-corrected chi connectivity index (χ2v) is 6.91. The Morgan fingerprint density at radius 1 is 0.938 bits per heavy atom. The molecule has 0 saturated heterocycles. The van der Waals surface area contributed by atoms with Crippen LogP contribution in [0.5, 0.6) is 5.75 Å². The third-order valence-electron chi connectivity index (χ3n) is 2.57. The van der Waals surface area contributed by atoms with E-state index >= 15 is 0 Å². The van der Waals surface area contributed by atoms with E-state index in [2.05, 4.69) is 19.1 Å². The van der Waals surface area contributed by atoms with Gasteiger partial charge in [0.25, 0.3) is 0 Å². The first-order valence-electron chi connectivity index (χ1n) is 6.38. The van der Waals surface area contributed by atoms with Crippen molar-refractivity contribution in [1.82, 2.24) is 0 Å². The van der Waals surface area contributed by atoms with E-state index in [1.165, 1.54) is 43.0 Å². The van der Waals surface area contributed by atoms with E-state index in [4.69, 9.17) is 3.07 Å². The molecule has 0 amide bonds. The Bertz CT molecular complexity index is 248. The molecule has 16 heavy (non-hydrogen) atoms. The molecular formula is C14H22OSn. The fraction of sp³-hybridized carbons (Fsp3) is 0.571. The van der Waals surface area contributed by atoms with Crippen molar-refractivity contribution in [2.24, 2.45) is 0 Å². The summed E-state index contributed by atoms with van der Waals surface area (Å²) in [5.41, 5.74) is 0. The third-order valence-corrected chi connectivity index (χ3v) is 5.24. The molecule has 1 nitrogen and oxygen atoms in total. The summed E-state index contributed by atoms with van der Waals surface area (Å²) in [6.45, 7) is 2.27. The van der Waals surface area contributed by atoms with Gasteiger partial charge in [-0.2, -0.15) is 0 Å². The number of para-hydroxylation sites is 1. The van der Waals surface area contributed by atoms with Crippen molar-refractivity contribution >= 4 is 21.6 Å². The molecule has 0 N–H and O–H groups in total. The zero-order valence-corrected chi connectivity index (χ0v) is 13.1. The van der Waals surface area contributed by atoms with Gasteiger partial charge in [0.15, 0.2) is 0 Å². The van der Waals surface area contributed by atoms with Crippen molar-refractivity contribution in [1.29, 1.82) is 0 Å². The summed E-state index contributed by atoms with van der Waals surface area (Å²) in [6.07, 6.45) is 8.36. The van der Waals surface area contributed by atoms with Gasteiger partial charge in [-0.3, -0.25) is 0 Å². The number of rotatable bonds is 9. The molecular weight excluding hydrogens is 303 g/mol. The average Bonchev–Trinajstić information content (AvgIpc) is 2.34. The molecule has 2 radical (unpaired) electrons. The summed E-state index contributed by atoms with van der Waals surface area (Å²) < 4.78 is 7.16. The quantitative estimate of drug-likeness (QED) is 0.481. The molecule has 0 aliphatic heterocycles. The van der Waals surface area contributed by atoms with E-state index in [9.17, 15) is 0 Å². The van der Waals surface area contributed by atoms with E-state index in [-0.39, 0.29) is 0 Å². The van der Waals surface area contributed by atoms with Gasteiger partial charge in [0, 0.05) is 0 Å². The van der Waals surface area contributed by atoms with Gasteiger partial charge in [0.1, 0.15) is 0 Å². The summed E-state index contributed by atoms with van der Waals surface area (Å²) in [7, 11) is 0. The molecule has 2 heteroatoms. The predicted molar refractivity (Wildman–Crippen MR) is 71.0 cm³/mol. The predicted octanol–water partition coefficient (Wildman–Crippen LogP) is 4.46. The van der Waals surface area contributed by atoms with Crippen LogP contribution in [0.25, 0.3) is 0 Å². The van der Waals surface area contributed by atoms with Crippen LogP contribution < -0.4 is 3.07 Å². The first kappa shape index (κ1) is 13.9. The van der Waals surface area contributed by atoms with Crippen molar-refractivity contribution in [3.05, 3.63) is 30.3 Å². The molecule has 0 saturated carbocycles. The molecule has 0 fully saturated rings. The van der Waals surface area contributed by atoms with Crippen LogP contribution in [-0.4, -0.2) is 21.6 Å². The summed E-state index contributed by atoms with van der Waals surface area (Å²) in [4.78, 5) is 0. The van der Waals surface area contributed by atoms with Gasteiger partial charge in [0.05, 0.1) is 0 Å². The summed E-state index contributed by atoms with van der Waals surface area (Å²) >= 11 is -0.592. The zero-order chi connectivity index (χ0) is 11.5.